The first-order chi connectivity index (χ1) is 17.5. The van der Waals surface area contributed by atoms with Crippen molar-refractivity contribution in [1.29, 1.82) is 0 Å². The van der Waals surface area contributed by atoms with E-state index in [1.165, 1.54) is 0 Å². The summed E-state index contributed by atoms with van der Waals surface area (Å²) in [6.07, 6.45) is 0. The van der Waals surface area contributed by atoms with Crippen LogP contribution >= 0.6 is 11.6 Å². The van der Waals surface area contributed by atoms with Gasteiger partial charge in [0, 0.05) is 33.3 Å². The van der Waals surface area contributed by atoms with Gasteiger partial charge in [-0.2, -0.15) is 0 Å². The van der Waals surface area contributed by atoms with E-state index >= 15 is 0 Å². The van der Waals surface area contributed by atoms with Crippen LogP contribution in [0.2, 0.25) is 5.02 Å². The minimum absolute atomic E-state index is 0.177. The summed E-state index contributed by atoms with van der Waals surface area (Å²) >= 11 is 6.16. The van der Waals surface area contributed by atoms with Crippen molar-refractivity contribution in [3.8, 4) is 17.2 Å². The van der Waals surface area contributed by atoms with E-state index in [0.717, 1.165) is 0 Å². The topological polar surface area (TPSA) is 73.9 Å². The third-order valence-corrected chi connectivity index (χ3v) is 5.72. The van der Waals surface area contributed by atoms with Gasteiger partial charge >= 0.3 is 0 Å². The Hall–Kier alpha value is -4.29. The number of amides is 1. The molecule has 7 heteroatoms. The van der Waals surface area contributed by atoms with E-state index in [0.29, 0.717) is 50.2 Å². The SMILES string of the molecule is COc1cccc(OCc2cc(C(=O)Nc3ccc(Cl)cc3C(=O)c3ccccc3)ccc2OC)c1. The average molecular weight is 502 g/mol. The van der Waals surface area contributed by atoms with Gasteiger partial charge in [-0.3, -0.25) is 9.59 Å². The molecule has 0 saturated carbocycles. The zero-order chi connectivity index (χ0) is 25.5. The van der Waals surface area contributed by atoms with Gasteiger partial charge in [-0.25, -0.2) is 0 Å². The lowest BCUT2D eigenvalue weighted by Gasteiger charge is -2.14. The number of hydrogen-bond acceptors (Lipinski definition) is 5. The zero-order valence-corrected chi connectivity index (χ0v) is 20.5. The van der Waals surface area contributed by atoms with Crippen molar-refractivity contribution < 1.29 is 23.8 Å². The Morgan fingerprint density at radius 1 is 0.778 bits per heavy atom. The van der Waals surface area contributed by atoms with Crippen LogP contribution in [-0.4, -0.2) is 25.9 Å². The standard InChI is InChI=1S/C29H24ClNO5/c1-34-23-9-6-10-24(17-23)36-18-21-15-20(11-14-27(21)35-2)29(33)31-26-13-12-22(30)16-25(26)28(32)19-7-4-3-5-8-19/h3-17H,18H2,1-2H3,(H,31,33). The molecule has 0 bridgehead atoms. The summed E-state index contributed by atoms with van der Waals surface area (Å²) in [5.74, 6) is 1.26. The van der Waals surface area contributed by atoms with Gasteiger partial charge in [-0.15, -0.1) is 0 Å². The molecule has 6 nitrogen and oxygen atoms in total. The first kappa shape index (κ1) is 24.8. The second kappa shape index (κ2) is 11.4. The molecule has 0 aliphatic rings. The Bertz CT molecular complexity index is 1390. The predicted octanol–water partition coefficient (Wildman–Crippen LogP) is 6.42. The zero-order valence-electron chi connectivity index (χ0n) is 19.8. The number of nitrogens with one attached hydrogen (secondary N) is 1. The number of hydrogen-bond donors (Lipinski definition) is 1. The van der Waals surface area contributed by atoms with Crippen molar-refractivity contribution in [3.05, 3.63) is 118 Å². The van der Waals surface area contributed by atoms with Crippen molar-refractivity contribution in [3.63, 3.8) is 0 Å². The molecule has 0 atom stereocenters. The van der Waals surface area contributed by atoms with Crippen molar-refractivity contribution in [2.24, 2.45) is 0 Å². The highest BCUT2D eigenvalue weighted by Crippen LogP contribution is 2.27. The largest absolute Gasteiger partial charge is 0.497 e. The molecular formula is C29H24ClNO5. The minimum Gasteiger partial charge on any atom is -0.497 e. The smallest absolute Gasteiger partial charge is 0.255 e. The minimum atomic E-state index is -0.385. The Kier molecular flexibility index (Phi) is 7.88. The van der Waals surface area contributed by atoms with Gasteiger partial charge < -0.3 is 19.5 Å². The lowest BCUT2D eigenvalue weighted by molar-refractivity contribution is 0.102. The third kappa shape index (κ3) is 5.85. The molecule has 0 aliphatic carbocycles. The number of ketones is 1. The second-order valence-electron chi connectivity index (χ2n) is 7.83. The normalized spacial score (nSPS) is 10.4. The molecule has 0 spiro atoms. The Morgan fingerprint density at radius 3 is 2.31 bits per heavy atom. The molecule has 1 N–H and O–H groups in total. The Morgan fingerprint density at radius 2 is 1.56 bits per heavy atom. The van der Waals surface area contributed by atoms with Crippen LogP contribution in [0.25, 0.3) is 0 Å². The molecule has 4 aromatic carbocycles. The van der Waals surface area contributed by atoms with E-state index in [1.807, 2.05) is 24.3 Å². The number of halogens is 1. The van der Waals surface area contributed by atoms with Gasteiger partial charge in [0.1, 0.15) is 23.9 Å². The van der Waals surface area contributed by atoms with Crippen molar-refractivity contribution in [2.45, 2.75) is 6.61 Å². The van der Waals surface area contributed by atoms with Gasteiger partial charge in [0.15, 0.2) is 5.78 Å². The first-order valence-corrected chi connectivity index (χ1v) is 11.5. The summed E-state index contributed by atoms with van der Waals surface area (Å²) in [5, 5.41) is 3.24. The summed E-state index contributed by atoms with van der Waals surface area (Å²) in [6, 6.07) is 25.9. The second-order valence-corrected chi connectivity index (χ2v) is 8.27. The average Bonchev–Trinajstić information content (AvgIpc) is 2.92. The summed E-state index contributed by atoms with van der Waals surface area (Å²) in [4.78, 5) is 26.3. The van der Waals surface area contributed by atoms with Gasteiger partial charge in [-0.1, -0.05) is 48.0 Å². The molecule has 4 aromatic rings. The molecule has 0 fully saturated rings. The van der Waals surface area contributed by atoms with Gasteiger partial charge in [0.25, 0.3) is 5.91 Å². The van der Waals surface area contributed by atoms with Crippen LogP contribution in [0.15, 0.2) is 91.0 Å². The molecule has 182 valence electrons. The molecule has 36 heavy (non-hydrogen) atoms. The van der Waals surface area contributed by atoms with Crippen LogP contribution < -0.4 is 19.5 Å². The van der Waals surface area contributed by atoms with Gasteiger partial charge in [0.2, 0.25) is 0 Å². The molecule has 0 unspecified atom stereocenters. The number of carbonyl (C=O) groups excluding carboxylic acids is 2. The Balaban J connectivity index is 1.56. The maximum Gasteiger partial charge on any atom is 0.255 e. The maximum atomic E-state index is 13.2. The highest BCUT2D eigenvalue weighted by Gasteiger charge is 2.18. The predicted molar refractivity (Wildman–Crippen MR) is 140 cm³/mol. The maximum absolute atomic E-state index is 13.2. The van der Waals surface area contributed by atoms with E-state index < -0.39 is 0 Å². The fourth-order valence-corrected chi connectivity index (χ4v) is 3.81. The van der Waals surface area contributed by atoms with Crippen LogP contribution in [0.5, 0.6) is 17.2 Å². The lowest BCUT2D eigenvalue weighted by Crippen LogP contribution is -2.16. The number of rotatable bonds is 9. The fraction of sp³-hybridized carbons (Fsp3) is 0.103. The van der Waals surface area contributed by atoms with E-state index in [-0.39, 0.29) is 18.3 Å². The van der Waals surface area contributed by atoms with E-state index in [4.69, 9.17) is 25.8 Å². The van der Waals surface area contributed by atoms with Crippen molar-refractivity contribution in [1.82, 2.24) is 0 Å². The van der Waals surface area contributed by atoms with E-state index in [9.17, 15) is 9.59 Å². The number of anilines is 1. The highest BCUT2D eigenvalue weighted by atomic mass is 35.5. The fourth-order valence-electron chi connectivity index (χ4n) is 3.64. The van der Waals surface area contributed by atoms with Crippen LogP contribution in [0.3, 0.4) is 0 Å². The number of carbonyl (C=O) groups is 2. The van der Waals surface area contributed by atoms with E-state index in [1.54, 1.807) is 80.9 Å². The molecule has 0 saturated heterocycles. The van der Waals surface area contributed by atoms with Crippen molar-refractivity contribution >= 4 is 29.0 Å². The van der Waals surface area contributed by atoms with Crippen molar-refractivity contribution in [2.75, 3.05) is 19.5 Å². The Labute approximate surface area is 214 Å². The number of methoxy groups -OCH3 is 2. The monoisotopic (exact) mass is 501 g/mol. The molecule has 0 aliphatic heterocycles. The summed E-state index contributed by atoms with van der Waals surface area (Å²) in [7, 11) is 3.14. The molecule has 0 aromatic heterocycles. The summed E-state index contributed by atoms with van der Waals surface area (Å²) in [6.45, 7) is 0.177. The number of ether oxygens (including phenoxy) is 3. The quantitative estimate of drug-likeness (QED) is 0.268. The summed E-state index contributed by atoms with van der Waals surface area (Å²) in [5.41, 5.74) is 2.23. The van der Waals surface area contributed by atoms with E-state index in [2.05, 4.69) is 5.32 Å². The van der Waals surface area contributed by atoms with Crippen LogP contribution in [-0.2, 0) is 6.61 Å². The third-order valence-electron chi connectivity index (χ3n) is 5.49. The first-order valence-electron chi connectivity index (χ1n) is 11.1. The van der Waals surface area contributed by atoms with Crippen LogP contribution in [0.1, 0.15) is 31.8 Å². The van der Waals surface area contributed by atoms with Gasteiger partial charge in [0.05, 0.1) is 19.9 Å². The molecule has 1 amide bonds. The highest BCUT2D eigenvalue weighted by molar-refractivity contribution is 6.31. The molecule has 0 heterocycles. The van der Waals surface area contributed by atoms with Crippen LogP contribution in [0, 0.1) is 0 Å². The molecular weight excluding hydrogens is 478 g/mol. The van der Waals surface area contributed by atoms with Crippen LogP contribution in [0.4, 0.5) is 5.69 Å². The lowest BCUT2D eigenvalue weighted by atomic mass is 10.0. The molecule has 4 rings (SSSR count). The number of benzene rings is 4. The summed E-state index contributed by atoms with van der Waals surface area (Å²) < 4.78 is 16.6. The van der Waals surface area contributed by atoms with Gasteiger partial charge in [-0.05, 0) is 48.5 Å². The molecule has 0 radical (unpaired) electrons.